The number of amides is 2. The number of hydrogen-bond donors (Lipinski definition) is 1. The van der Waals surface area contributed by atoms with E-state index < -0.39 is 0 Å². The Bertz CT molecular complexity index is 485. The molecule has 0 unspecified atom stereocenters. The van der Waals surface area contributed by atoms with Crippen molar-refractivity contribution in [3.8, 4) is 0 Å². The fourth-order valence-electron chi connectivity index (χ4n) is 2.45. The van der Waals surface area contributed by atoms with Crippen LogP contribution in [-0.2, 0) is 16.0 Å². The van der Waals surface area contributed by atoms with Crippen LogP contribution in [0.5, 0.6) is 0 Å². The fraction of sp³-hybridized carbons (Fsp3) is 0.500. The quantitative estimate of drug-likeness (QED) is 0.917. The second kappa shape index (κ2) is 7.08. The second-order valence-corrected chi connectivity index (χ2v) is 5.23. The van der Waals surface area contributed by atoms with Crippen LogP contribution >= 0.6 is 0 Å². The summed E-state index contributed by atoms with van der Waals surface area (Å²) >= 11 is 0. The molecule has 20 heavy (non-hydrogen) atoms. The monoisotopic (exact) mass is 274 g/mol. The maximum Gasteiger partial charge on any atom is 0.243 e. The fourth-order valence-corrected chi connectivity index (χ4v) is 2.45. The first-order chi connectivity index (χ1) is 9.69. The number of rotatable bonds is 4. The van der Waals surface area contributed by atoms with Crippen molar-refractivity contribution in [2.75, 3.05) is 18.4 Å². The Hall–Kier alpha value is -1.84. The van der Waals surface area contributed by atoms with Crippen LogP contribution in [-0.4, -0.2) is 29.8 Å². The first kappa shape index (κ1) is 14.6. The molecule has 1 saturated heterocycles. The predicted octanol–water partition coefficient (Wildman–Crippen LogP) is 2.59. The maximum absolute atomic E-state index is 12.0. The second-order valence-electron chi connectivity index (χ2n) is 5.23. The summed E-state index contributed by atoms with van der Waals surface area (Å²) in [6.45, 7) is 2.94. The molecular weight excluding hydrogens is 252 g/mol. The summed E-state index contributed by atoms with van der Waals surface area (Å²) < 4.78 is 0. The molecule has 2 amide bonds. The number of likely N-dealkylation sites (tertiary alicyclic amines) is 1. The van der Waals surface area contributed by atoms with Gasteiger partial charge in [-0.05, 0) is 37.0 Å². The van der Waals surface area contributed by atoms with E-state index in [1.165, 1.54) is 5.56 Å². The minimum Gasteiger partial charge on any atom is -0.333 e. The average Bonchev–Trinajstić information content (AvgIpc) is 2.64. The SMILES string of the molecule is CCc1cccc(NC(=O)CN2CCCCCC2=O)c1. The van der Waals surface area contributed by atoms with E-state index in [9.17, 15) is 9.59 Å². The normalized spacial score (nSPS) is 15.8. The Labute approximate surface area is 120 Å². The summed E-state index contributed by atoms with van der Waals surface area (Å²) in [7, 11) is 0. The van der Waals surface area contributed by atoms with Crippen molar-refractivity contribution in [2.45, 2.75) is 39.0 Å². The molecular formula is C16H22N2O2. The number of anilines is 1. The zero-order valence-electron chi connectivity index (χ0n) is 12.0. The number of carbonyl (C=O) groups is 2. The van der Waals surface area contributed by atoms with Gasteiger partial charge in [0, 0.05) is 18.7 Å². The summed E-state index contributed by atoms with van der Waals surface area (Å²) in [6.07, 6.45) is 4.51. The Balaban J connectivity index is 1.92. The Morgan fingerprint density at radius 1 is 1.30 bits per heavy atom. The number of nitrogens with zero attached hydrogens (tertiary/aromatic N) is 1. The average molecular weight is 274 g/mol. The molecule has 0 radical (unpaired) electrons. The molecule has 1 aromatic rings. The number of aryl methyl sites for hydroxylation is 1. The van der Waals surface area contributed by atoms with Gasteiger partial charge in [0.2, 0.25) is 11.8 Å². The van der Waals surface area contributed by atoms with E-state index in [0.29, 0.717) is 13.0 Å². The Morgan fingerprint density at radius 2 is 2.15 bits per heavy atom. The summed E-state index contributed by atoms with van der Waals surface area (Å²) in [5.41, 5.74) is 1.99. The van der Waals surface area contributed by atoms with Crippen molar-refractivity contribution in [1.82, 2.24) is 4.90 Å². The van der Waals surface area contributed by atoms with E-state index in [0.717, 1.165) is 31.4 Å². The number of nitrogens with one attached hydrogen (secondary N) is 1. The van der Waals surface area contributed by atoms with Crippen LogP contribution in [0.15, 0.2) is 24.3 Å². The van der Waals surface area contributed by atoms with E-state index in [4.69, 9.17) is 0 Å². The molecule has 0 atom stereocenters. The molecule has 108 valence electrons. The molecule has 0 bridgehead atoms. The predicted molar refractivity (Wildman–Crippen MR) is 79.5 cm³/mol. The highest BCUT2D eigenvalue weighted by atomic mass is 16.2. The van der Waals surface area contributed by atoms with Gasteiger partial charge < -0.3 is 10.2 Å². The number of carbonyl (C=O) groups excluding carboxylic acids is 2. The smallest absolute Gasteiger partial charge is 0.243 e. The molecule has 0 aliphatic carbocycles. The van der Waals surface area contributed by atoms with Gasteiger partial charge in [0.1, 0.15) is 0 Å². The lowest BCUT2D eigenvalue weighted by molar-refractivity contribution is -0.134. The molecule has 1 aromatic carbocycles. The molecule has 2 rings (SSSR count). The van der Waals surface area contributed by atoms with E-state index in [2.05, 4.69) is 12.2 Å². The van der Waals surface area contributed by atoms with Crippen LogP contribution in [0.25, 0.3) is 0 Å². The largest absolute Gasteiger partial charge is 0.333 e. The summed E-state index contributed by atoms with van der Waals surface area (Å²) in [5.74, 6) is -0.0199. The lowest BCUT2D eigenvalue weighted by Crippen LogP contribution is -2.37. The maximum atomic E-state index is 12.0. The minimum atomic E-state index is -0.117. The van der Waals surface area contributed by atoms with Crippen LogP contribution < -0.4 is 5.32 Å². The topological polar surface area (TPSA) is 49.4 Å². The highest BCUT2D eigenvalue weighted by Gasteiger charge is 2.19. The molecule has 0 saturated carbocycles. The Morgan fingerprint density at radius 3 is 2.95 bits per heavy atom. The van der Waals surface area contributed by atoms with Crippen molar-refractivity contribution in [3.63, 3.8) is 0 Å². The number of hydrogen-bond acceptors (Lipinski definition) is 2. The summed E-state index contributed by atoms with van der Waals surface area (Å²) in [6, 6.07) is 7.82. The number of benzene rings is 1. The van der Waals surface area contributed by atoms with Crippen molar-refractivity contribution >= 4 is 17.5 Å². The molecule has 0 aromatic heterocycles. The van der Waals surface area contributed by atoms with Gasteiger partial charge in [-0.3, -0.25) is 9.59 Å². The van der Waals surface area contributed by atoms with Crippen molar-refractivity contribution < 1.29 is 9.59 Å². The van der Waals surface area contributed by atoms with Crippen molar-refractivity contribution in [3.05, 3.63) is 29.8 Å². The van der Waals surface area contributed by atoms with Crippen LogP contribution in [0.2, 0.25) is 0 Å². The molecule has 1 fully saturated rings. The summed E-state index contributed by atoms with van der Waals surface area (Å²) in [4.78, 5) is 25.6. The lowest BCUT2D eigenvalue weighted by atomic mass is 10.1. The molecule has 1 aliphatic rings. The third-order valence-electron chi connectivity index (χ3n) is 3.62. The van der Waals surface area contributed by atoms with Gasteiger partial charge in [0.25, 0.3) is 0 Å². The van der Waals surface area contributed by atoms with E-state index in [1.807, 2.05) is 24.3 Å². The van der Waals surface area contributed by atoms with Gasteiger partial charge in [0.15, 0.2) is 0 Å². The minimum absolute atomic E-state index is 0.0972. The van der Waals surface area contributed by atoms with Crippen LogP contribution in [0, 0.1) is 0 Å². The van der Waals surface area contributed by atoms with Gasteiger partial charge in [0.05, 0.1) is 6.54 Å². The molecule has 4 nitrogen and oxygen atoms in total. The first-order valence-corrected chi connectivity index (χ1v) is 7.35. The third-order valence-corrected chi connectivity index (χ3v) is 3.62. The van der Waals surface area contributed by atoms with Crippen molar-refractivity contribution in [2.24, 2.45) is 0 Å². The van der Waals surface area contributed by atoms with Crippen LogP contribution in [0.1, 0.15) is 38.2 Å². The first-order valence-electron chi connectivity index (χ1n) is 7.35. The van der Waals surface area contributed by atoms with E-state index in [-0.39, 0.29) is 18.4 Å². The molecule has 4 heteroatoms. The molecule has 1 heterocycles. The van der Waals surface area contributed by atoms with Crippen LogP contribution in [0.3, 0.4) is 0 Å². The van der Waals surface area contributed by atoms with Gasteiger partial charge in [-0.2, -0.15) is 0 Å². The van der Waals surface area contributed by atoms with Crippen molar-refractivity contribution in [1.29, 1.82) is 0 Å². The van der Waals surface area contributed by atoms with Crippen LogP contribution in [0.4, 0.5) is 5.69 Å². The summed E-state index contributed by atoms with van der Waals surface area (Å²) in [5, 5.41) is 2.87. The lowest BCUT2D eigenvalue weighted by Gasteiger charge is -2.19. The zero-order valence-corrected chi connectivity index (χ0v) is 12.0. The third kappa shape index (κ3) is 4.08. The van der Waals surface area contributed by atoms with E-state index >= 15 is 0 Å². The van der Waals surface area contributed by atoms with E-state index in [1.54, 1.807) is 4.90 Å². The van der Waals surface area contributed by atoms with Gasteiger partial charge in [-0.15, -0.1) is 0 Å². The highest BCUT2D eigenvalue weighted by molar-refractivity contribution is 5.94. The highest BCUT2D eigenvalue weighted by Crippen LogP contribution is 2.13. The zero-order chi connectivity index (χ0) is 14.4. The van der Waals surface area contributed by atoms with Gasteiger partial charge in [-0.25, -0.2) is 0 Å². The molecule has 0 spiro atoms. The van der Waals surface area contributed by atoms with Gasteiger partial charge in [-0.1, -0.05) is 25.5 Å². The standard InChI is InChI=1S/C16H22N2O2/c1-2-13-7-6-8-14(11-13)17-15(19)12-18-10-5-3-4-9-16(18)20/h6-8,11H,2-5,9-10,12H2,1H3,(H,17,19). The van der Waals surface area contributed by atoms with Gasteiger partial charge >= 0.3 is 0 Å². The Kier molecular flexibility index (Phi) is 5.16. The molecule has 1 aliphatic heterocycles. The molecule has 1 N–H and O–H groups in total.